The summed E-state index contributed by atoms with van der Waals surface area (Å²) in [7, 11) is -3.66. The van der Waals surface area contributed by atoms with Crippen molar-refractivity contribution in [3.63, 3.8) is 0 Å². The number of alkyl halides is 2. The van der Waals surface area contributed by atoms with E-state index >= 15 is 0 Å². The Morgan fingerprint density at radius 1 is 1.32 bits per heavy atom. The normalized spacial score (nSPS) is 21.1. The summed E-state index contributed by atoms with van der Waals surface area (Å²) in [6, 6.07) is 4.36. The van der Waals surface area contributed by atoms with Crippen molar-refractivity contribution in [3.05, 3.63) is 29.3 Å². The van der Waals surface area contributed by atoms with E-state index in [1.54, 1.807) is 13.0 Å². The Bertz CT molecular complexity index is 765. The quantitative estimate of drug-likeness (QED) is 0.825. The van der Waals surface area contributed by atoms with E-state index < -0.39 is 22.7 Å². The molecule has 0 bridgehead atoms. The first-order valence-electron chi connectivity index (χ1n) is 8.12. The summed E-state index contributed by atoms with van der Waals surface area (Å²) in [4.78, 5) is 14.1. The van der Waals surface area contributed by atoms with Crippen LogP contribution in [0.3, 0.4) is 0 Å². The molecule has 0 unspecified atom stereocenters. The number of sulfonamides is 1. The number of carbonyl (C=O) groups excluding carboxylic acids is 1. The van der Waals surface area contributed by atoms with Crippen molar-refractivity contribution in [3.8, 4) is 0 Å². The third-order valence-corrected chi connectivity index (χ3v) is 5.89. The van der Waals surface area contributed by atoms with E-state index in [9.17, 15) is 22.0 Å². The molecule has 1 amide bonds. The van der Waals surface area contributed by atoms with Gasteiger partial charge in [0.1, 0.15) is 0 Å². The molecule has 1 saturated heterocycles. The molecule has 1 heterocycles. The second-order valence-electron chi connectivity index (χ2n) is 6.43. The summed E-state index contributed by atoms with van der Waals surface area (Å²) in [6.07, 6.45) is 1.26. The van der Waals surface area contributed by atoms with Gasteiger partial charge in [-0.1, -0.05) is 6.07 Å². The molecule has 138 valence electrons. The van der Waals surface area contributed by atoms with Crippen molar-refractivity contribution < 1.29 is 26.7 Å². The number of hydrogen-bond donors (Lipinski definition) is 1. The number of benzene rings is 1. The molecule has 2 fully saturated rings. The lowest BCUT2D eigenvalue weighted by Gasteiger charge is -2.18. The van der Waals surface area contributed by atoms with Crippen LogP contribution in [-0.4, -0.2) is 51.1 Å². The molecule has 0 radical (unpaired) electrons. The van der Waals surface area contributed by atoms with Crippen LogP contribution in [0.4, 0.5) is 8.78 Å². The Morgan fingerprint density at radius 3 is 2.68 bits per heavy atom. The zero-order valence-electron chi connectivity index (χ0n) is 13.7. The van der Waals surface area contributed by atoms with Gasteiger partial charge in [-0.2, -0.15) is 8.78 Å². The number of halogens is 2. The second-order valence-corrected chi connectivity index (χ2v) is 8.14. The lowest BCUT2D eigenvalue weighted by atomic mass is 10.1. The van der Waals surface area contributed by atoms with E-state index in [1.807, 2.05) is 0 Å². The van der Waals surface area contributed by atoms with Gasteiger partial charge in [0, 0.05) is 24.7 Å². The number of carbonyl (C=O) groups is 1. The van der Waals surface area contributed by atoms with Crippen molar-refractivity contribution in [2.75, 3.05) is 13.1 Å². The molecule has 9 heteroatoms. The van der Waals surface area contributed by atoms with Gasteiger partial charge in [-0.05, 0) is 43.9 Å². The fraction of sp³-hybridized carbons (Fsp3) is 0.562. The van der Waals surface area contributed by atoms with Crippen LogP contribution in [0.15, 0.2) is 23.1 Å². The maximum Gasteiger partial charge on any atom is 0.345 e. The molecule has 1 aliphatic heterocycles. The van der Waals surface area contributed by atoms with Gasteiger partial charge in [0.25, 0.3) is 5.91 Å². The van der Waals surface area contributed by atoms with Crippen LogP contribution in [0.2, 0.25) is 0 Å². The van der Waals surface area contributed by atoms with E-state index in [4.69, 9.17) is 0 Å². The predicted octanol–water partition coefficient (Wildman–Crippen LogP) is 1.89. The highest BCUT2D eigenvalue weighted by Crippen LogP contribution is 2.25. The molecule has 2 aliphatic rings. The standard InChI is InChI=1S/C16H20F2N2O4S/c1-10-2-5-13(25(22,23)19-11-3-4-11)8-14(10)15(21)20-7-6-12(9-20)24-16(17)18/h2,5,8,11-12,16,19H,3-4,6-7,9H2,1H3/t12-/m0/s1. The van der Waals surface area contributed by atoms with Crippen LogP contribution in [0, 0.1) is 6.92 Å². The molecule has 1 aromatic rings. The van der Waals surface area contributed by atoms with Crippen molar-refractivity contribution in [1.29, 1.82) is 0 Å². The highest BCUT2D eigenvalue weighted by Gasteiger charge is 2.32. The topological polar surface area (TPSA) is 75.7 Å². The van der Waals surface area contributed by atoms with Gasteiger partial charge in [-0.25, -0.2) is 13.1 Å². The number of nitrogens with one attached hydrogen (secondary N) is 1. The second kappa shape index (κ2) is 6.97. The van der Waals surface area contributed by atoms with Gasteiger partial charge >= 0.3 is 6.61 Å². The number of aryl methyl sites for hydroxylation is 1. The Kier molecular flexibility index (Phi) is 5.08. The van der Waals surface area contributed by atoms with Gasteiger partial charge in [0.2, 0.25) is 10.0 Å². The third-order valence-electron chi connectivity index (χ3n) is 4.38. The smallest absolute Gasteiger partial charge is 0.336 e. The summed E-state index contributed by atoms with van der Waals surface area (Å²) in [5.41, 5.74) is 0.893. The van der Waals surface area contributed by atoms with E-state index in [0.717, 1.165) is 12.8 Å². The maximum atomic E-state index is 12.7. The first-order chi connectivity index (χ1) is 11.8. The average Bonchev–Trinajstić information content (AvgIpc) is 3.21. The van der Waals surface area contributed by atoms with Gasteiger partial charge in [0.05, 0.1) is 11.0 Å². The van der Waals surface area contributed by atoms with E-state index in [-0.39, 0.29) is 29.0 Å². The van der Waals surface area contributed by atoms with Crippen LogP contribution in [0.1, 0.15) is 35.2 Å². The molecule has 1 saturated carbocycles. The average molecular weight is 374 g/mol. The fourth-order valence-corrected chi connectivity index (χ4v) is 4.16. The molecular weight excluding hydrogens is 354 g/mol. The van der Waals surface area contributed by atoms with Gasteiger partial charge < -0.3 is 9.64 Å². The first-order valence-corrected chi connectivity index (χ1v) is 9.60. The minimum absolute atomic E-state index is 0.0312. The number of amides is 1. The Labute approximate surface area is 145 Å². The molecule has 1 atom stereocenters. The SMILES string of the molecule is Cc1ccc(S(=O)(=O)NC2CC2)cc1C(=O)N1CC[C@H](OC(F)F)C1. The summed E-state index contributed by atoms with van der Waals surface area (Å²) in [6.45, 7) is -0.794. The minimum atomic E-state index is -3.66. The number of ether oxygens (including phenoxy) is 1. The highest BCUT2D eigenvalue weighted by molar-refractivity contribution is 7.89. The van der Waals surface area contributed by atoms with E-state index in [2.05, 4.69) is 9.46 Å². The Balaban J connectivity index is 1.77. The predicted molar refractivity (Wildman–Crippen MR) is 85.9 cm³/mol. The fourth-order valence-electron chi connectivity index (χ4n) is 2.83. The first kappa shape index (κ1) is 18.2. The molecule has 1 aliphatic carbocycles. The van der Waals surface area contributed by atoms with Gasteiger partial charge in [-0.3, -0.25) is 4.79 Å². The molecule has 1 aromatic carbocycles. The highest BCUT2D eigenvalue weighted by atomic mass is 32.2. The van der Waals surface area contributed by atoms with Crippen LogP contribution in [0.25, 0.3) is 0 Å². The molecule has 0 spiro atoms. The summed E-state index contributed by atoms with van der Waals surface area (Å²) in [5.74, 6) is -0.374. The largest absolute Gasteiger partial charge is 0.345 e. The number of rotatable bonds is 6. The Morgan fingerprint density at radius 2 is 2.04 bits per heavy atom. The summed E-state index contributed by atoms with van der Waals surface area (Å²) in [5, 5.41) is 0. The summed E-state index contributed by atoms with van der Waals surface area (Å²) < 4.78 is 56.3. The number of nitrogens with zero attached hydrogens (tertiary/aromatic N) is 1. The summed E-state index contributed by atoms with van der Waals surface area (Å²) >= 11 is 0. The van der Waals surface area contributed by atoms with Crippen molar-refractivity contribution in [1.82, 2.24) is 9.62 Å². The van der Waals surface area contributed by atoms with Crippen molar-refractivity contribution >= 4 is 15.9 Å². The van der Waals surface area contributed by atoms with E-state index in [1.165, 1.54) is 17.0 Å². The zero-order valence-corrected chi connectivity index (χ0v) is 14.6. The monoisotopic (exact) mass is 374 g/mol. The van der Waals surface area contributed by atoms with Crippen LogP contribution < -0.4 is 4.72 Å². The van der Waals surface area contributed by atoms with Crippen LogP contribution in [-0.2, 0) is 14.8 Å². The molecule has 25 heavy (non-hydrogen) atoms. The third kappa shape index (κ3) is 4.34. The van der Waals surface area contributed by atoms with Crippen LogP contribution in [0.5, 0.6) is 0 Å². The lowest BCUT2D eigenvalue weighted by molar-refractivity contribution is -0.158. The Hall–Kier alpha value is -1.58. The number of hydrogen-bond acceptors (Lipinski definition) is 4. The molecular formula is C16H20F2N2O4S. The van der Waals surface area contributed by atoms with Crippen molar-refractivity contribution in [2.24, 2.45) is 0 Å². The molecule has 6 nitrogen and oxygen atoms in total. The van der Waals surface area contributed by atoms with Crippen molar-refractivity contribution in [2.45, 2.75) is 49.8 Å². The lowest BCUT2D eigenvalue weighted by Crippen LogP contribution is -2.31. The van der Waals surface area contributed by atoms with E-state index in [0.29, 0.717) is 18.5 Å². The number of likely N-dealkylation sites (tertiary alicyclic amines) is 1. The molecule has 0 aromatic heterocycles. The molecule has 3 rings (SSSR count). The zero-order chi connectivity index (χ0) is 18.2. The minimum Gasteiger partial charge on any atom is -0.336 e. The van der Waals surface area contributed by atoms with Gasteiger partial charge in [0.15, 0.2) is 0 Å². The molecule has 1 N–H and O–H groups in total. The van der Waals surface area contributed by atoms with Crippen LogP contribution >= 0.6 is 0 Å². The van der Waals surface area contributed by atoms with Gasteiger partial charge in [-0.15, -0.1) is 0 Å². The maximum absolute atomic E-state index is 12.7.